The lowest BCUT2D eigenvalue weighted by molar-refractivity contribution is 0.0545. The first-order valence-electron chi connectivity index (χ1n) is 7.66. The van der Waals surface area contributed by atoms with E-state index in [1.807, 2.05) is 0 Å². The summed E-state index contributed by atoms with van der Waals surface area (Å²) in [5.41, 5.74) is 4.44. The van der Waals surface area contributed by atoms with E-state index in [1.165, 1.54) is 29.5 Å². The molecule has 2 nitrogen and oxygen atoms in total. The van der Waals surface area contributed by atoms with Gasteiger partial charge < -0.3 is 10.1 Å². The maximum Gasteiger partial charge on any atom is 0.0469 e. The summed E-state index contributed by atoms with van der Waals surface area (Å²) in [7, 11) is 2.10. The smallest absolute Gasteiger partial charge is 0.0469 e. The van der Waals surface area contributed by atoms with Gasteiger partial charge in [-0.05, 0) is 55.3 Å². The van der Waals surface area contributed by atoms with Crippen LogP contribution in [0.25, 0.3) is 0 Å². The van der Waals surface area contributed by atoms with Crippen LogP contribution in [0.15, 0.2) is 18.2 Å². The fraction of sp³-hybridized carbons (Fsp3) is 0.647. The third-order valence-electron chi connectivity index (χ3n) is 4.38. The largest absolute Gasteiger partial charge is 0.381 e. The number of nitrogens with one attached hydrogen (secondary N) is 1. The lowest BCUT2D eigenvalue weighted by Crippen LogP contribution is -2.30. The van der Waals surface area contributed by atoms with Crippen molar-refractivity contribution < 1.29 is 4.74 Å². The summed E-state index contributed by atoms with van der Waals surface area (Å²) in [6, 6.07) is 7.48. The molecule has 1 saturated heterocycles. The van der Waals surface area contributed by atoms with Crippen LogP contribution >= 0.6 is 0 Å². The fourth-order valence-electron chi connectivity index (χ4n) is 3.17. The van der Waals surface area contributed by atoms with E-state index in [9.17, 15) is 0 Å². The Morgan fingerprint density at radius 3 is 2.53 bits per heavy atom. The Hall–Kier alpha value is -0.860. The minimum absolute atomic E-state index is 0.477. The monoisotopic (exact) mass is 261 g/mol. The molecule has 1 atom stereocenters. The predicted octanol–water partition coefficient (Wildman–Crippen LogP) is 3.50. The van der Waals surface area contributed by atoms with Crippen molar-refractivity contribution >= 4 is 0 Å². The topological polar surface area (TPSA) is 21.3 Å². The number of benzene rings is 1. The highest BCUT2D eigenvalue weighted by molar-refractivity contribution is 5.35. The van der Waals surface area contributed by atoms with Crippen molar-refractivity contribution in [2.24, 2.45) is 5.92 Å². The van der Waals surface area contributed by atoms with Crippen LogP contribution < -0.4 is 5.32 Å². The molecule has 2 rings (SSSR count). The maximum atomic E-state index is 5.50. The highest BCUT2D eigenvalue weighted by Crippen LogP contribution is 2.32. The van der Waals surface area contributed by atoms with Crippen LogP contribution in [0.5, 0.6) is 0 Å². The van der Waals surface area contributed by atoms with Gasteiger partial charge in [0.1, 0.15) is 0 Å². The van der Waals surface area contributed by atoms with Crippen molar-refractivity contribution in [2.75, 3.05) is 20.3 Å². The summed E-state index contributed by atoms with van der Waals surface area (Å²) in [6.45, 7) is 6.31. The Bertz CT molecular complexity index is 396. The number of aryl methyl sites for hydroxylation is 2. The van der Waals surface area contributed by atoms with Crippen LogP contribution in [0.1, 0.15) is 49.4 Å². The van der Waals surface area contributed by atoms with Gasteiger partial charge in [0, 0.05) is 19.3 Å². The van der Waals surface area contributed by atoms with Gasteiger partial charge in [-0.1, -0.05) is 32.0 Å². The van der Waals surface area contributed by atoms with E-state index >= 15 is 0 Å². The van der Waals surface area contributed by atoms with Gasteiger partial charge in [-0.25, -0.2) is 0 Å². The Kier molecular flexibility index (Phi) is 5.41. The van der Waals surface area contributed by atoms with Crippen LogP contribution in [-0.4, -0.2) is 20.3 Å². The number of hydrogen-bond donors (Lipinski definition) is 1. The zero-order valence-electron chi connectivity index (χ0n) is 12.5. The van der Waals surface area contributed by atoms with Gasteiger partial charge in [0.25, 0.3) is 0 Å². The zero-order valence-corrected chi connectivity index (χ0v) is 12.5. The summed E-state index contributed by atoms with van der Waals surface area (Å²) >= 11 is 0. The van der Waals surface area contributed by atoms with Crippen LogP contribution in [-0.2, 0) is 17.6 Å². The molecule has 0 amide bonds. The quantitative estimate of drug-likeness (QED) is 0.876. The van der Waals surface area contributed by atoms with Gasteiger partial charge in [-0.2, -0.15) is 0 Å². The van der Waals surface area contributed by atoms with Crippen LogP contribution in [0.2, 0.25) is 0 Å². The number of hydrogen-bond acceptors (Lipinski definition) is 2. The lowest BCUT2D eigenvalue weighted by Gasteiger charge is -2.32. The molecule has 1 N–H and O–H groups in total. The maximum absolute atomic E-state index is 5.50. The zero-order chi connectivity index (χ0) is 13.7. The van der Waals surface area contributed by atoms with Crippen LogP contribution in [0.3, 0.4) is 0 Å². The molecule has 1 aliphatic heterocycles. The minimum Gasteiger partial charge on any atom is -0.381 e. The number of ether oxygens (including phenoxy) is 1. The van der Waals surface area contributed by atoms with Crippen molar-refractivity contribution in [3.05, 3.63) is 34.9 Å². The SMILES string of the molecule is CCc1ccc(CC)c(C(NC)C2CCOCC2)c1. The van der Waals surface area contributed by atoms with E-state index in [1.54, 1.807) is 0 Å². The highest BCUT2D eigenvalue weighted by Gasteiger charge is 2.25. The molecule has 0 aromatic heterocycles. The summed E-state index contributed by atoms with van der Waals surface area (Å²) in [5, 5.41) is 3.56. The average molecular weight is 261 g/mol. The van der Waals surface area contributed by atoms with Gasteiger partial charge in [-0.15, -0.1) is 0 Å². The summed E-state index contributed by atoms with van der Waals surface area (Å²) < 4.78 is 5.50. The van der Waals surface area contributed by atoms with E-state index in [-0.39, 0.29) is 0 Å². The molecule has 0 bridgehead atoms. The predicted molar refractivity (Wildman–Crippen MR) is 80.5 cm³/mol. The normalized spacial score (nSPS) is 18.5. The third-order valence-corrected chi connectivity index (χ3v) is 4.38. The van der Waals surface area contributed by atoms with Crippen LogP contribution in [0, 0.1) is 5.92 Å². The second-order valence-electron chi connectivity index (χ2n) is 5.46. The number of rotatable bonds is 5. The summed E-state index contributed by atoms with van der Waals surface area (Å²) in [6.07, 6.45) is 4.57. The molecule has 1 unspecified atom stereocenters. The van der Waals surface area contributed by atoms with Crippen molar-refractivity contribution in [3.8, 4) is 0 Å². The van der Waals surface area contributed by atoms with Crippen molar-refractivity contribution in [3.63, 3.8) is 0 Å². The summed E-state index contributed by atoms with van der Waals surface area (Å²) in [5.74, 6) is 0.705. The third kappa shape index (κ3) is 3.37. The molecule has 1 aliphatic rings. The highest BCUT2D eigenvalue weighted by atomic mass is 16.5. The van der Waals surface area contributed by atoms with E-state index in [0.717, 1.165) is 26.1 Å². The van der Waals surface area contributed by atoms with E-state index in [0.29, 0.717) is 12.0 Å². The lowest BCUT2D eigenvalue weighted by atomic mass is 9.84. The Morgan fingerprint density at radius 1 is 1.21 bits per heavy atom. The molecule has 0 saturated carbocycles. The second-order valence-corrected chi connectivity index (χ2v) is 5.46. The van der Waals surface area contributed by atoms with Crippen molar-refractivity contribution in [1.29, 1.82) is 0 Å². The molecular weight excluding hydrogens is 234 g/mol. The Balaban J connectivity index is 2.29. The van der Waals surface area contributed by atoms with Gasteiger partial charge >= 0.3 is 0 Å². The molecule has 106 valence electrons. The molecule has 1 aromatic rings. The Morgan fingerprint density at radius 2 is 1.95 bits per heavy atom. The van der Waals surface area contributed by atoms with Crippen molar-refractivity contribution in [1.82, 2.24) is 5.32 Å². The summed E-state index contributed by atoms with van der Waals surface area (Å²) in [4.78, 5) is 0. The van der Waals surface area contributed by atoms with E-state index < -0.39 is 0 Å². The van der Waals surface area contributed by atoms with E-state index in [2.05, 4.69) is 44.4 Å². The second kappa shape index (κ2) is 7.06. The molecule has 1 heterocycles. The molecule has 1 aromatic carbocycles. The molecule has 0 radical (unpaired) electrons. The van der Waals surface area contributed by atoms with Gasteiger partial charge in [0.15, 0.2) is 0 Å². The van der Waals surface area contributed by atoms with Crippen LogP contribution in [0.4, 0.5) is 0 Å². The fourth-order valence-corrected chi connectivity index (χ4v) is 3.17. The average Bonchev–Trinajstić information content (AvgIpc) is 2.49. The molecule has 2 heteroatoms. The standard InChI is InChI=1S/C17H27NO/c1-4-13-6-7-14(5-2)16(12-13)17(18-3)15-8-10-19-11-9-15/h6-7,12,15,17-18H,4-5,8-11H2,1-3H3. The van der Waals surface area contributed by atoms with Gasteiger partial charge in [0.2, 0.25) is 0 Å². The first-order chi connectivity index (χ1) is 9.30. The molecule has 1 fully saturated rings. The minimum atomic E-state index is 0.477. The Labute approximate surface area is 117 Å². The molecular formula is C17H27NO. The van der Waals surface area contributed by atoms with Gasteiger partial charge in [-0.3, -0.25) is 0 Å². The van der Waals surface area contributed by atoms with E-state index in [4.69, 9.17) is 4.74 Å². The molecule has 0 aliphatic carbocycles. The first-order valence-corrected chi connectivity index (χ1v) is 7.66. The van der Waals surface area contributed by atoms with Gasteiger partial charge in [0.05, 0.1) is 0 Å². The molecule has 19 heavy (non-hydrogen) atoms. The molecule has 0 spiro atoms. The first kappa shape index (κ1) is 14.5. The van der Waals surface area contributed by atoms with Crippen molar-refractivity contribution in [2.45, 2.75) is 45.6 Å².